The van der Waals surface area contributed by atoms with Crippen LogP contribution < -0.4 is 4.90 Å². The van der Waals surface area contributed by atoms with Crippen LogP contribution in [0.5, 0.6) is 0 Å². The summed E-state index contributed by atoms with van der Waals surface area (Å²) in [6.07, 6.45) is 2.91. The van der Waals surface area contributed by atoms with Crippen molar-refractivity contribution in [3.63, 3.8) is 0 Å². The monoisotopic (exact) mass is 343 g/mol. The smallest absolute Gasteiger partial charge is 0.281 e. The first-order valence-electron chi connectivity index (χ1n) is 9.00. The van der Waals surface area contributed by atoms with Crippen molar-refractivity contribution in [2.75, 3.05) is 31.1 Å². The molecule has 0 saturated carbocycles. The molecule has 3 rings (SSSR count). The predicted molar refractivity (Wildman–Crippen MR) is 96.6 cm³/mol. The van der Waals surface area contributed by atoms with E-state index in [4.69, 9.17) is 4.84 Å². The summed E-state index contributed by atoms with van der Waals surface area (Å²) in [6, 6.07) is 7.54. The molecule has 0 bridgehead atoms. The predicted octanol–water partition coefficient (Wildman–Crippen LogP) is 2.42. The van der Waals surface area contributed by atoms with Crippen LogP contribution in [0.2, 0.25) is 0 Å². The number of likely N-dealkylation sites (tertiary alicyclic amines) is 1. The molecule has 1 aromatic rings. The van der Waals surface area contributed by atoms with Gasteiger partial charge in [0, 0.05) is 25.2 Å². The lowest BCUT2D eigenvalue weighted by Gasteiger charge is -2.29. The van der Waals surface area contributed by atoms with Crippen LogP contribution in [-0.2, 0) is 14.4 Å². The molecular weight excluding hydrogens is 318 g/mol. The minimum atomic E-state index is -0.165. The lowest BCUT2D eigenvalue weighted by Crippen LogP contribution is -2.39. The molecule has 25 heavy (non-hydrogen) atoms. The number of piperidine rings is 1. The Morgan fingerprint density at radius 2 is 2.00 bits per heavy atom. The maximum atomic E-state index is 12.6. The molecule has 2 amide bonds. The molecule has 6 nitrogen and oxygen atoms in total. The van der Waals surface area contributed by atoms with Gasteiger partial charge in [0.2, 0.25) is 0 Å². The average molecular weight is 343 g/mol. The Hall–Kier alpha value is -2.37. The highest BCUT2D eigenvalue weighted by Gasteiger charge is 2.33. The third-order valence-corrected chi connectivity index (χ3v) is 4.83. The summed E-state index contributed by atoms with van der Waals surface area (Å²) < 4.78 is 0. The lowest BCUT2D eigenvalue weighted by molar-refractivity contribution is -0.137. The third kappa shape index (κ3) is 3.67. The number of hydrogen-bond donors (Lipinski definition) is 0. The topological polar surface area (TPSA) is 62.2 Å². The number of para-hydroxylation sites is 1. The summed E-state index contributed by atoms with van der Waals surface area (Å²) in [5.74, 6) is 0.435. The number of fused-ring (bicyclic) bond motifs is 1. The minimum Gasteiger partial charge on any atom is -0.385 e. The highest BCUT2D eigenvalue weighted by molar-refractivity contribution is 6.54. The van der Waals surface area contributed by atoms with Crippen molar-refractivity contribution < 1.29 is 14.4 Å². The third-order valence-electron chi connectivity index (χ3n) is 4.83. The second kappa shape index (κ2) is 7.68. The number of anilines is 1. The summed E-state index contributed by atoms with van der Waals surface area (Å²) in [5.41, 5.74) is 1.90. The van der Waals surface area contributed by atoms with Crippen molar-refractivity contribution >= 4 is 23.2 Å². The molecule has 0 spiro atoms. The zero-order valence-corrected chi connectivity index (χ0v) is 14.9. The lowest BCUT2D eigenvalue weighted by atomic mass is 9.99. The molecule has 0 atom stereocenters. The van der Waals surface area contributed by atoms with E-state index in [9.17, 15) is 9.59 Å². The van der Waals surface area contributed by atoms with E-state index in [1.54, 1.807) is 4.90 Å². The maximum absolute atomic E-state index is 12.6. The Labute approximate surface area is 148 Å². The molecule has 0 N–H and O–H groups in total. The first kappa shape index (κ1) is 17.5. The summed E-state index contributed by atoms with van der Waals surface area (Å²) in [5, 5.41) is 4.01. The van der Waals surface area contributed by atoms with Crippen LogP contribution >= 0.6 is 0 Å². The molecule has 6 heteroatoms. The van der Waals surface area contributed by atoms with Crippen molar-refractivity contribution in [3.05, 3.63) is 29.8 Å². The molecule has 0 radical (unpaired) electrons. The van der Waals surface area contributed by atoms with E-state index in [-0.39, 0.29) is 24.1 Å². The molecule has 2 aliphatic rings. The zero-order chi connectivity index (χ0) is 17.8. The molecule has 1 fully saturated rings. The van der Waals surface area contributed by atoms with Gasteiger partial charge < -0.3 is 14.6 Å². The van der Waals surface area contributed by atoms with Gasteiger partial charge >= 0.3 is 0 Å². The van der Waals surface area contributed by atoms with Gasteiger partial charge in [-0.1, -0.05) is 37.2 Å². The molecule has 2 heterocycles. The van der Waals surface area contributed by atoms with Crippen LogP contribution in [0, 0.1) is 5.92 Å². The quantitative estimate of drug-likeness (QED) is 0.772. The van der Waals surface area contributed by atoms with E-state index in [1.807, 2.05) is 36.1 Å². The van der Waals surface area contributed by atoms with E-state index >= 15 is 0 Å². The first-order valence-corrected chi connectivity index (χ1v) is 9.00. The van der Waals surface area contributed by atoms with Crippen molar-refractivity contribution in [1.82, 2.24) is 4.90 Å². The number of amides is 2. The van der Waals surface area contributed by atoms with Crippen LogP contribution in [0.1, 0.15) is 38.7 Å². The number of hydrogen-bond acceptors (Lipinski definition) is 4. The molecule has 1 saturated heterocycles. The molecule has 0 aromatic heterocycles. The van der Waals surface area contributed by atoms with Gasteiger partial charge in [-0.15, -0.1) is 0 Å². The Balaban J connectivity index is 1.65. The van der Waals surface area contributed by atoms with Crippen LogP contribution in [0.4, 0.5) is 5.69 Å². The standard InChI is InChI=1S/C19H25N3O3/c1-3-10-22-16-7-5-4-6-15(16)18(19(22)24)20-25-13-17(23)21-11-8-14(2)9-12-21/h4-7,14H,3,8-13H2,1-2H3/b20-18+. The fourth-order valence-electron chi connectivity index (χ4n) is 3.30. The highest BCUT2D eigenvalue weighted by Crippen LogP contribution is 2.29. The van der Waals surface area contributed by atoms with Crippen molar-refractivity contribution in [2.24, 2.45) is 11.1 Å². The molecular formula is C19H25N3O3. The van der Waals surface area contributed by atoms with E-state index in [2.05, 4.69) is 12.1 Å². The van der Waals surface area contributed by atoms with Crippen molar-refractivity contribution in [1.29, 1.82) is 0 Å². The number of carbonyl (C=O) groups excluding carboxylic acids is 2. The number of carbonyl (C=O) groups is 2. The zero-order valence-electron chi connectivity index (χ0n) is 14.9. The van der Waals surface area contributed by atoms with Crippen LogP contribution in [0.3, 0.4) is 0 Å². The fraction of sp³-hybridized carbons (Fsp3) is 0.526. The fourth-order valence-corrected chi connectivity index (χ4v) is 3.30. The van der Waals surface area contributed by atoms with Crippen molar-refractivity contribution in [2.45, 2.75) is 33.1 Å². The summed E-state index contributed by atoms with van der Waals surface area (Å²) in [4.78, 5) is 33.6. The van der Waals surface area contributed by atoms with Crippen LogP contribution in [-0.4, -0.2) is 48.7 Å². The number of rotatable bonds is 5. The Morgan fingerprint density at radius 1 is 1.28 bits per heavy atom. The van der Waals surface area contributed by atoms with Gasteiger partial charge in [0.1, 0.15) is 0 Å². The van der Waals surface area contributed by atoms with Gasteiger partial charge in [-0.25, -0.2) is 0 Å². The Kier molecular flexibility index (Phi) is 5.36. The molecule has 1 aromatic carbocycles. The van der Waals surface area contributed by atoms with Gasteiger partial charge in [-0.2, -0.15) is 0 Å². The van der Waals surface area contributed by atoms with Gasteiger partial charge in [0.05, 0.1) is 5.69 Å². The van der Waals surface area contributed by atoms with Gasteiger partial charge in [-0.3, -0.25) is 9.59 Å². The van der Waals surface area contributed by atoms with E-state index < -0.39 is 0 Å². The Bertz CT molecular complexity index is 678. The average Bonchev–Trinajstić information content (AvgIpc) is 2.88. The van der Waals surface area contributed by atoms with Crippen molar-refractivity contribution in [3.8, 4) is 0 Å². The SMILES string of the molecule is CCCN1C(=O)/C(=N/OCC(=O)N2CCC(C)CC2)c2ccccc21. The highest BCUT2D eigenvalue weighted by atomic mass is 16.6. The van der Waals surface area contributed by atoms with Gasteiger partial charge in [0.25, 0.3) is 11.8 Å². The largest absolute Gasteiger partial charge is 0.385 e. The normalized spacial score (nSPS) is 19.4. The molecule has 0 unspecified atom stereocenters. The molecule has 0 aliphatic carbocycles. The maximum Gasteiger partial charge on any atom is 0.281 e. The number of benzene rings is 1. The van der Waals surface area contributed by atoms with E-state index in [0.717, 1.165) is 43.6 Å². The minimum absolute atomic E-state index is 0.0691. The number of oxime groups is 1. The summed E-state index contributed by atoms with van der Waals surface area (Å²) in [7, 11) is 0. The second-order valence-electron chi connectivity index (χ2n) is 6.75. The second-order valence-corrected chi connectivity index (χ2v) is 6.75. The van der Waals surface area contributed by atoms with E-state index in [0.29, 0.717) is 12.5 Å². The van der Waals surface area contributed by atoms with Crippen LogP contribution in [0.25, 0.3) is 0 Å². The Morgan fingerprint density at radius 3 is 2.72 bits per heavy atom. The molecule has 2 aliphatic heterocycles. The van der Waals surface area contributed by atoms with Crippen LogP contribution in [0.15, 0.2) is 29.4 Å². The summed E-state index contributed by atoms with van der Waals surface area (Å²) in [6.45, 7) is 6.29. The first-order chi connectivity index (χ1) is 12.1. The van der Waals surface area contributed by atoms with Gasteiger partial charge in [-0.05, 0) is 31.2 Å². The molecule has 134 valence electrons. The summed E-state index contributed by atoms with van der Waals surface area (Å²) >= 11 is 0. The van der Waals surface area contributed by atoms with E-state index in [1.165, 1.54) is 0 Å². The number of nitrogens with zero attached hydrogens (tertiary/aromatic N) is 3. The van der Waals surface area contributed by atoms with Gasteiger partial charge in [0.15, 0.2) is 12.3 Å².